The number of hydrogen-bond acceptors (Lipinski definition) is 6. The van der Waals surface area contributed by atoms with Crippen molar-refractivity contribution in [3.8, 4) is 5.88 Å². The van der Waals surface area contributed by atoms with Crippen LogP contribution in [0.4, 0.5) is 8.78 Å². The van der Waals surface area contributed by atoms with E-state index in [2.05, 4.69) is 9.97 Å². The Morgan fingerprint density at radius 1 is 1.31 bits per heavy atom. The number of nitrogens with zero attached hydrogens (tertiary/aromatic N) is 3. The van der Waals surface area contributed by atoms with Crippen LogP contribution in [-0.4, -0.2) is 50.3 Å². The van der Waals surface area contributed by atoms with Gasteiger partial charge in [0.25, 0.3) is 11.8 Å². The van der Waals surface area contributed by atoms with E-state index in [1.54, 1.807) is 24.8 Å². The quantitative estimate of drug-likeness (QED) is 0.416. The summed E-state index contributed by atoms with van der Waals surface area (Å²) in [7, 11) is 0. The molecule has 0 spiro atoms. The normalized spacial score (nSPS) is 16.1. The van der Waals surface area contributed by atoms with Crippen molar-refractivity contribution in [3.05, 3.63) is 51.9 Å². The molecule has 1 N–H and O–H groups in total. The fourth-order valence-corrected chi connectivity index (χ4v) is 4.31. The van der Waals surface area contributed by atoms with Crippen molar-refractivity contribution in [1.82, 2.24) is 14.9 Å². The molecular formula is C25H30ClF2N3O4. The van der Waals surface area contributed by atoms with Crippen molar-refractivity contribution in [3.63, 3.8) is 0 Å². The number of fused-ring (bicyclic) bond motifs is 1. The molecule has 190 valence electrons. The van der Waals surface area contributed by atoms with Crippen LogP contribution >= 0.6 is 11.6 Å². The Hall–Kier alpha value is -2.65. The number of ether oxygens (including phenoxy) is 1. The fraction of sp³-hybridized carbons (Fsp3) is 0.520. The Balaban J connectivity index is 1.81. The van der Waals surface area contributed by atoms with Crippen molar-refractivity contribution < 1.29 is 28.2 Å². The van der Waals surface area contributed by atoms with E-state index in [0.29, 0.717) is 36.0 Å². The van der Waals surface area contributed by atoms with Gasteiger partial charge in [0.1, 0.15) is 10.7 Å². The van der Waals surface area contributed by atoms with E-state index in [-0.39, 0.29) is 40.7 Å². The lowest BCUT2D eigenvalue weighted by Gasteiger charge is -2.25. The average Bonchev–Trinajstić information content (AvgIpc) is 3.13. The Labute approximate surface area is 208 Å². The van der Waals surface area contributed by atoms with E-state index < -0.39 is 24.7 Å². The predicted molar refractivity (Wildman–Crippen MR) is 127 cm³/mol. The molecular weight excluding hydrogens is 480 g/mol. The summed E-state index contributed by atoms with van der Waals surface area (Å²) >= 11 is 6.20. The van der Waals surface area contributed by atoms with Gasteiger partial charge in [0.2, 0.25) is 5.88 Å². The molecule has 3 heterocycles. The SMILES string of the molecule is CCC(CC[C@@H](C)O)C(=O)c1nccc2c1CN(C(C)c1cnc(OCC(C)(F)F)c(Cl)c1)C2=O. The summed E-state index contributed by atoms with van der Waals surface area (Å²) in [6, 6.07) is 2.68. The van der Waals surface area contributed by atoms with E-state index in [1.165, 1.54) is 18.5 Å². The maximum atomic E-state index is 13.2. The summed E-state index contributed by atoms with van der Waals surface area (Å²) in [5.74, 6) is -3.81. The second-order valence-electron chi connectivity index (χ2n) is 9.11. The Bertz CT molecular complexity index is 1090. The van der Waals surface area contributed by atoms with Gasteiger partial charge in [0, 0.05) is 42.9 Å². The molecule has 3 rings (SSSR count). The molecule has 0 aromatic carbocycles. The van der Waals surface area contributed by atoms with E-state index in [1.807, 2.05) is 6.92 Å². The van der Waals surface area contributed by atoms with E-state index in [0.717, 1.165) is 6.92 Å². The number of alkyl halides is 2. The summed E-state index contributed by atoms with van der Waals surface area (Å²) < 4.78 is 31.2. The van der Waals surface area contributed by atoms with Crippen molar-refractivity contribution in [2.75, 3.05) is 6.61 Å². The van der Waals surface area contributed by atoms with Gasteiger partial charge in [-0.2, -0.15) is 0 Å². The number of amides is 1. The lowest BCUT2D eigenvalue weighted by Crippen LogP contribution is -2.27. The van der Waals surface area contributed by atoms with Crippen LogP contribution in [0.1, 0.15) is 85.0 Å². The lowest BCUT2D eigenvalue weighted by atomic mass is 9.90. The van der Waals surface area contributed by atoms with Gasteiger partial charge in [-0.05, 0) is 50.8 Å². The first-order chi connectivity index (χ1) is 16.4. The molecule has 0 saturated carbocycles. The minimum Gasteiger partial charge on any atom is -0.470 e. The van der Waals surface area contributed by atoms with Crippen molar-refractivity contribution in [2.45, 2.75) is 71.6 Å². The van der Waals surface area contributed by atoms with E-state index in [9.17, 15) is 23.5 Å². The first-order valence-corrected chi connectivity index (χ1v) is 12.0. The number of carbonyl (C=O) groups is 2. The van der Waals surface area contributed by atoms with Gasteiger partial charge in [-0.3, -0.25) is 14.6 Å². The van der Waals surface area contributed by atoms with E-state index in [4.69, 9.17) is 16.3 Å². The standard InChI is InChI=1S/C25H30ClF2N3O4/c1-5-16(7-6-14(2)32)22(33)21-19-12-31(24(34)18(19)8-9-29-21)15(3)17-10-20(26)23(30-11-17)35-13-25(4,27)28/h8-11,14-16,32H,5-7,12-13H2,1-4H3/t14-,15?,16?/m1/s1. The lowest BCUT2D eigenvalue weighted by molar-refractivity contribution is -0.0242. The van der Waals surface area contributed by atoms with Gasteiger partial charge in [0.05, 0.1) is 12.1 Å². The summed E-state index contributed by atoms with van der Waals surface area (Å²) in [4.78, 5) is 36.4. The first kappa shape index (κ1) is 26.9. The van der Waals surface area contributed by atoms with Crippen molar-refractivity contribution >= 4 is 23.3 Å². The Kier molecular flexibility index (Phi) is 8.43. The topological polar surface area (TPSA) is 92.6 Å². The maximum absolute atomic E-state index is 13.2. The number of hydrogen-bond donors (Lipinski definition) is 1. The molecule has 10 heteroatoms. The number of halogens is 3. The monoisotopic (exact) mass is 509 g/mol. The zero-order chi connectivity index (χ0) is 25.9. The highest BCUT2D eigenvalue weighted by Gasteiger charge is 2.36. The number of Topliss-reactive ketones (excluding diaryl/α,β-unsaturated/α-hetero) is 1. The third kappa shape index (κ3) is 6.32. The second kappa shape index (κ2) is 11.0. The van der Waals surface area contributed by atoms with Crippen LogP contribution in [0.5, 0.6) is 5.88 Å². The van der Waals surface area contributed by atoms with Crippen LogP contribution in [0.2, 0.25) is 5.02 Å². The third-order valence-corrected chi connectivity index (χ3v) is 6.42. The molecule has 0 saturated heterocycles. The molecule has 1 amide bonds. The number of aliphatic hydroxyl groups is 1. The highest BCUT2D eigenvalue weighted by Crippen LogP contribution is 2.35. The van der Waals surface area contributed by atoms with Gasteiger partial charge >= 0.3 is 0 Å². The smallest absolute Gasteiger partial charge is 0.278 e. The molecule has 0 fully saturated rings. The Morgan fingerprint density at radius 2 is 2.03 bits per heavy atom. The van der Waals surface area contributed by atoms with Crippen LogP contribution in [0.3, 0.4) is 0 Å². The number of ketones is 1. The molecule has 0 radical (unpaired) electrons. The van der Waals surface area contributed by atoms with E-state index >= 15 is 0 Å². The summed E-state index contributed by atoms with van der Waals surface area (Å²) in [5.41, 5.74) is 1.87. The summed E-state index contributed by atoms with van der Waals surface area (Å²) in [6.45, 7) is 5.47. The molecule has 1 aliphatic rings. The zero-order valence-corrected chi connectivity index (χ0v) is 21.0. The van der Waals surface area contributed by atoms with Crippen LogP contribution in [0, 0.1) is 5.92 Å². The molecule has 2 unspecified atom stereocenters. The molecule has 0 bridgehead atoms. The number of aromatic nitrogens is 2. The molecule has 2 aromatic rings. The molecule has 0 aliphatic carbocycles. The minimum absolute atomic E-state index is 0.0594. The molecule has 2 aromatic heterocycles. The van der Waals surface area contributed by atoms with Crippen LogP contribution in [0.15, 0.2) is 24.5 Å². The van der Waals surface area contributed by atoms with Gasteiger partial charge in [-0.1, -0.05) is 18.5 Å². The van der Waals surface area contributed by atoms with Crippen LogP contribution in [0.25, 0.3) is 0 Å². The maximum Gasteiger partial charge on any atom is 0.278 e. The van der Waals surface area contributed by atoms with Gasteiger partial charge in [-0.25, -0.2) is 13.8 Å². The van der Waals surface area contributed by atoms with Gasteiger partial charge < -0.3 is 14.7 Å². The summed E-state index contributed by atoms with van der Waals surface area (Å²) in [6.07, 6.45) is 4.05. The number of carbonyl (C=O) groups excluding carboxylic acids is 2. The molecule has 1 aliphatic heterocycles. The fourth-order valence-electron chi connectivity index (χ4n) is 4.08. The van der Waals surface area contributed by atoms with Crippen molar-refractivity contribution in [1.29, 1.82) is 0 Å². The highest BCUT2D eigenvalue weighted by molar-refractivity contribution is 6.31. The molecule has 7 nitrogen and oxygen atoms in total. The zero-order valence-electron chi connectivity index (χ0n) is 20.2. The Morgan fingerprint density at radius 3 is 2.63 bits per heavy atom. The number of pyridine rings is 2. The second-order valence-corrected chi connectivity index (χ2v) is 9.51. The van der Waals surface area contributed by atoms with Crippen LogP contribution < -0.4 is 4.74 Å². The number of aliphatic hydroxyl groups excluding tert-OH is 1. The average molecular weight is 510 g/mol. The largest absolute Gasteiger partial charge is 0.470 e. The molecule has 3 atom stereocenters. The predicted octanol–water partition coefficient (Wildman–Crippen LogP) is 5.25. The third-order valence-electron chi connectivity index (χ3n) is 6.15. The summed E-state index contributed by atoms with van der Waals surface area (Å²) in [5, 5.41) is 9.67. The van der Waals surface area contributed by atoms with Gasteiger partial charge in [0.15, 0.2) is 12.4 Å². The van der Waals surface area contributed by atoms with Crippen LogP contribution in [-0.2, 0) is 6.54 Å². The number of rotatable bonds is 11. The van der Waals surface area contributed by atoms with Crippen molar-refractivity contribution in [2.24, 2.45) is 5.92 Å². The molecule has 35 heavy (non-hydrogen) atoms. The highest BCUT2D eigenvalue weighted by atomic mass is 35.5. The first-order valence-electron chi connectivity index (χ1n) is 11.6. The van der Waals surface area contributed by atoms with Gasteiger partial charge in [-0.15, -0.1) is 0 Å². The minimum atomic E-state index is -3.03.